The van der Waals surface area contributed by atoms with Gasteiger partial charge in [0.1, 0.15) is 5.82 Å². The molecule has 0 spiro atoms. The smallest absolute Gasteiger partial charge is 0.320 e. The second-order valence-corrected chi connectivity index (χ2v) is 6.45. The third-order valence-electron chi connectivity index (χ3n) is 4.69. The van der Waals surface area contributed by atoms with Gasteiger partial charge in [-0.3, -0.25) is 10.1 Å². The lowest BCUT2D eigenvalue weighted by Crippen LogP contribution is -2.41. The number of carboxylic acids is 1. The number of halogens is 1. The Kier molecular flexibility index (Phi) is 5.20. The van der Waals surface area contributed by atoms with Gasteiger partial charge in [0.15, 0.2) is 11.6 Å². The number of nitrogens with one attached hydrogen (secondary N) is 2. The number of urea groups is 1. The fourth-order valence-corrected chi connectivity index (χ4v) is 3.16. The zero-order valence-corrected chi connectivity index (χ0v) is 14.3. The number of anilines is 1. The molecule has 2 aromatic rings. The number of carbonyl (C=O) groups is 2. The van der Waals surface area contributed by atoms with Crippen molar-refractivity contribution in [2.24, 2.45) is 5.92 Å². The van der Waals surface area contributed by atoms with Gasteiger partial charge in [0.2, 0.25) is 0 Å². The molecule has 0 unspecified atom stereocenters. The molecule has 0 atom stereocenters. The zero-order valence-electron chi connectivity index (χ0n) is 14.3. The Morgan fingerprint density at radius 1 is 1.23 bits per heavy atom. The number of amides is 2. The number of hydrogen-bond donors (Lipinski definition) is 3. The summed E-state index contributed by atoms with van der Waals surface area (Å²) in [5, 5.41) is 18.2. The lowest BCUT2D eigenvalue weighted by molar-refractivity contribution is -0.142. The summed E-state index contributed by atoms with van der Waals surface area (Å²) < 4.78 is 19.1. The first-order valence-corrected chi connectivity index (χ1v) is 8.47. The fraction of sp³-hybridized carbons (Fsp3) is 0.389. The van der Waals surface area contributed by atoms with E-state index in [1.165, 1.54) is 6.07 Å². The molecule has 1 heterocycles. The van der Waals surface area contributed by atoms with Crippen LogP contribution in [0.15, 0.2) is 28.8 Å². The summed E-state index contributed by atoms with van der Waals surface area (Å²) in [5.74, 6) is -1.07. The number of rotatable bonds is 4. The molecular formula is C18H20FN3O4. The van der Waals surface area contributed by atoms with E-state index < -0.39 is 17.8 Å². The molecule has 1 aliphatic rings. The summed E-state index contributed by atoms with van der Waals surface area (Å²) in [6.07, 6.45) is 2.31. The van der Waals surface area contributed by atoms with E-state index in [9.17, 15) is 14.0 Å². The number of aromatic nitrogens is 1. The first-order valence-electron chi connectivity index (χ1n) is 8.47. The largest absolute Gasteiger partial charge is 0.481 e. The topological polar surface area (TPSA) is 104 Å². The highest BCUT2D eigenvalue weighted by atomic mass is 19.1. The predicted octanol–water partition coefficient (Wildman–Crippen LogP) is 3.55. The molecule has 2 amide bonds. The molecule has 0 radical (unpaired) electrons. The zero-order chi connectivity index (χ0) is 18.7. The molecule has 3 rings (SSSR count). The van der Waals surface area contributed by atoms with Gasteiger partial charge in [0.05, 0.1) is 11.5 Å². The van der Waals surface area contributed by atoms with E-state index in [4.69, 9.17) is 9.63 Å². The third kappa shape index (κ3) is 3.84. The van der Waals surface area contributed by atoms with Crippen LogP contribution in [0, 0.1) is 18.7 Å². The average Bonchev–Trinajstić information content (AvgIpc) is 2.96. The van der Waals surface area contributed by atoms with Crippen molar-refractivity contribution in [3.63, 3.8) is 0 Å². The number of hydrogen-bond acceptors (Lipinski definition) is 4. The molecule has 7 nitrogen and oxygen atoms in total. The number of benzene rings is 1. The van der Waals surface area contributed by atoms with Crippen molar-refractivity contribution >= 4 is 17.8 Å². The summed E-state index contributed by atoms with van der Waals surface area (Å²) in [6.45, 7) is 1.69. The summed E-state index contributed by atoms with van der Waals surface area (Å²) in [5.41, 5.74) is 0.804. The van der Waals surface area contributed by atoms with Gasteiger partial charge in [-0.05, 0) is 44.7 Å². The van der Waals surface area contributed by atoms with Crippen LogP contribution in [0.3, 0.4) is 0 Å². The Labute approximate surface area is 149 Å². The second kappa shape index (κ2) is 7.55. The van der Waals surface area contributed by atoms with Gasteiger partial charge in [0, 0.05) is 11.6 Å². The van der Waals surface area contributed by atoms with Gasteiger partial charge >= 0.3 is 12.0 Å². The van der Waals surface area contributed by atoms with Gasteiger partial charge in [-0.25, -0.2) is 9.18 Å². The van der Waals surface area contributed by atoms with Crippen molar-refractivity contribution in [3.8, 4) is 11.3 Å². The van der Waals surface area contributed by atoms with Gasteiger partial charge in [-0.15, -0.1) is 0 Å². The SMILES string of the molecule is Cc1c(NC(=O)NC2CCC(C(=O)O)CC2)noc1-c1ccccc1F. The highest BCUT2D eigenvalue weighted by Gasteiger charge is 2.27. The lowest BCUT2D eigenvalue weighted by Gasteiger charge is -2.26. The van der Waals surface area contributed by atoms with Crippen molar-refractivity contribution in [2.75, 3.05) is 5.32 Å². The summed E-state index contributed by atoms with van der Waals surface area (Å²) in [7, 11) is 0. The highest BCUT2D eigenvalue weighted by molar-refractivity contribution is 5.90. The van der Waals surface area contributed by atoms with Crippen LogP contribution in [-0.2, 0) is 4.79 Å². The van der Waals surface area contributed by atoms with E-state index in [0.29, 0.717) is 31.2 Å². The highest BCUT2D eigenvalue weighted by Crippen LogP contribution is 2.30. The molecule has 0 aliphatic heterocycles. The molecule has 1 aliphatic carbocycles. The Balaban J connectivity index is 1.61. The van der Waals surface area contributed by atoms with Crippen molar-refractivity contribution < 1.29 is 23.6 Å². The molecule has 3 N–H and O–H groups in total. The maximum Gasteiger partial charge on any atom is 0.320 e. The molecule has 1 aromatic carbocycles. The summed E-state index contributed by atoms with van der Waals surface area (Å²) in [4.78, 5) is 23.1. The maximum atomic E-state index is 13.9. The Bertz CT molecular complexity index is 813. The number of aliphatic carboxylic acids is 1. The van der Waals surface area contributed by atoms with Crippen LogP contribution >= 0.6 is 0 Å². The normalized spacial score (nSPS) is 19.8. The summed E-state index contributed by atoms with van der Waals surface area (Å²) >= 11 is 0. The van der Waals surface area contributed by atoms with Crippen LogP contribution in [0.1, 0.15) is 31.2 Å². The predicted molar refractivity (Wildman–Crippen MR) is 92.2 cm³/mol. The fourth-order valence-electron chi connectivity index (χ4n) is 3.16. The van der Waals surface area contributed by atoms with Crippen molar-refractivity contribution in [1.82, 2.24) is 10.5 Å². The van der Waals surface area contributed by atoms with Gasteiger partial charge in [-0.1, -0.05) is 17.3 Å². The molecular weight excluding hydrogens is 341 g/mol. The van der Waals surface area contributed by atoms with E-state index >= 15 is 0 Å². The van der Waals surface area contributed by atoms with E-state index in [1.54, 1.807) is 25.1 Å². The van der Waals surface area contributed by atoms with Crippen LogP contribution in [-0.4, -0.2) is 28.3 Å². The molecule has 8 heteroatoms. The van der Waals surface area contributed by atoms with Gasteiger partial charge in [-0.2, -0.15) is 0 Å². The van der Waals surface area contributed by atoms with Gasteiger partial charge in [0.25, 0.3) is 0 Å². The lowest BCUT2D eigenvalue weighted by atomic mass is 9.86. The minimum Gasteiger partial charge on any atom is -0.481 e. The van der Waals surface area contributed by atoms with Crippen molar-refractivity contribution in [3.05, 3.63) is 35.6 Å². The summed E-state index contributed by atoms with van der Waals surface area (Å²) in [6, 6.07) is 5.64. The third-order valence-corrected chi connectivity index (χ3v) is 4.69. The van der Waals surface area contributed by atoms with Crippen LogP contribution in [0.5, 0.6) is 0 Å². The molecule has 1 aromatic heterocycles. The molecule has 1 saturated carbocycles. The Morgan fingerprint density at radius 3 is 2.58 bits per heavy atom. The second-order valence-electron chi connectivity index (χ2n) is 6.45. The van der Waals surface area contributed by atoms with Crippen LogP contribution in [0.4, 0.5) is 15.0 Å². The first-order chi connectivity index (χ1) is 12.5. The molecule has 26 heavy (non-hydrogen) atoms. The number of carboxylic acid groups (broad SMARTS) is 1. The standard InChI is InChI=1S/C18H20FN3O4/c1-10-15(13-4-2-3-5-14(13)19)26-22-16(10)21-18(25)20-12-8-6-11(7-9-12)17(23)24/h2-5,11-12H,6-9H2,1H3,(H,23,24)(H2,20,21,22,25). The monoisotopic (exact) mass is 361 g/mol. The van der Waals surface area contributed by atoms with Crippen molar-refractivity contribution in [1.29, 1.82) is 0 Å². The van der Waals surface area contributed by atoms with Crippen molar-refractivity contribution in [2.45, 2.75) is 38.6 Å². The first kappa shape index (κ1) is 17.9. The van der Waals surface area contributed by atoms with E-state index in [0.717, 1.165) is 0 Å². The molecule has 1 fully saturated rings. The van der Waals surface area contributed by atoms with Crippen LogP contribution in [0.25, 0.3) is 11.3 Å². The Hall–Kier alpha value is -2.90. The quantitative estimate of drug-likeness (QED) is 0.772. The van der Waals surface area contributed by atoms with Crippen LogP contribution in [0.2, 0.25) is 0 Å². The maximum absolute atomic E-state index is 13.9. The average molecular weight is 361 g/mol. The minimum atomic E-state index is -0.785. The molecule has 0 bridgehead atoms. The minimum absolute atomic E-state index is 0.0798. The number of nitrogens with zero attached hydrogens (tertiary/aromatic N) is 1. The van der Waals surface area contributed by atoms with E-state index in [-0.39, 0.29) is 29.1 Å². The number of carbonyl (C=O) groups excluding carboxylic acids is 1. The molecule has 0 saturated heterocycles. The van der Waals surface area contributed by atoms with E-state index in [2.05, 4.69) is 15.8 Å². The van der Waals surface area contributed by atoms with Gasteiger partial charge < -0.3 is 14.9 Å². The van der Waals surface area contributed by atoms with Crippen LogP contribution < -0.4 is 10.6 Å². The molecule has 138 valence electrons. The Morgan fingerprint density at radius 2 is 1.92 bits per heavy atom. The van der Waals surface area contributed by atoms with E-state index in [1.807, 2.05) is 0 Å².